The fourth-order valence-corrected chi connectivity index (χ4v) is 3.59. The van der Waals surface area contributed by atoms with E-state index in [1.807, 2.05) is 24.7 Å². The van der Waals surface area contributed by atoms with Gasteiger partial charge in [0.1, 0.15) is 4.90 Å². The van der Waals surface area contributed by atoms with Crippen LogP contribution in [0.3, 0.4) is 0 Å². The second kappa shape index (κ2) is 9.88. The standard InChI is InChI=1S/C15H20Cl2N4O5S/c1-9(2)7-18-14(23)15(24)20-19-13(22)8-21(3)27(25,26)12-6-10(16)4-5-11(12)17/h4-6,9H,7-8H2,1-3H3,(H,18,23)(H,19,22)(H,20,24). The first-order valence-corrected chi connectivity index (χ1v) is 9.93. The van der Waals surface area contributed by atoms with Crippen molar-refractivity contribution in [2.24, 2.45) is 5.92 Å². The van der Waals surface area contributed by atoms with Gasteiger partial charge in [-0.1, -0.05) is 37.0 Å². The van der Waals surface area contributed by atoms with E-state index >= 15 is 0 Å². The van der Waals surface area contributed by atoms with Gasteiger partial charge in [0.2, 0.25) is 10.0 Å². The number of carbonyl (C=O) groups excluding carboxylic acids is 3. The van der Waals surface area contributed by atoms with Gasteiger partial charge in [-0.05, 0) is 24.1 Å². The van der Waals surface area contributed by atoms with Crippen molar-refractivity contribution < 1.29 is 22.8 Å². The number of nitrogens with zero attached hydrogens (tertiary/aromatic N) is 1. The van der Waals surface area contributed by atoms with Crippen LogP contribution < -0.4 is 16.2 Å². The van der Waals surface area contributed by atoms with Crippen LogP contribution in [-0.4, -0.2) is 50.6 Å². The van der Waals surface area contributed by atoms with E-state index in [1.165, 1.54) is 12.1 Å². The summed E-state index contributed by atoms with van der Waals surface area (Å²) in [6, 6.07) is 3.91. The molecule has 12 heteroatoms. The Balaban J connectivity index is 2.65. The molecule has 3 N–H and O–H groups in total. The van der Waals surface area contributed by atoms with Crippen molar-refractivity contribution in [1.29, 1.82) is 0 Å². The lowest BCUT2D eigenvalue weighted by atomic mass is 10.2. The van der Waals surface area contributed by atoms with Crippen LogP contribution in [0.5, 0.6) is 0 Å². The summed E-state index contributed by atoms with van der Waals surface area (Å²) in [5, 5.41) is 2.48. The Labute approximate surface area is 167 Å². The molecule has 0 aliphatic heterocycles. The lowest BCUT2D eigenvalue weighted by Crippen LogP contribution is -2.51. The number of rotatable bonds is 6. The van der Waals surface area contributed by atoms with Gasteiger partial charge in [-0.3, -0.25) is 25.2 Å². The Morgan fingerprint density at radius 2 is 1.74 bits per heavy atom. The minimum atomic E-state index is -4.10. The largest absolute Gasteiger partial charge is 0.348 e. The average molecular weight is 439 g/mol. The van der Waals surface area contributed by atoms with Crippen LogP contribution in [0.25, 0.3) is 0 Å². The maximum absolute atomic E-state index is 12.5. The molecule has 0 fully saturated rings. The molecule has 3 amide bonds. The number of sulfonamides is 1. The maximum Gasteiger partial charge on any atom is 0.327 e. The number of benzene rings is 1. The first-order valence-electron chi connectivity index (χ1n) is 7.73. The molecule has 150 valence electrons. The maximum atomic E-state index is 12.5. The van der Waals surface area contributed by atoms with Gasteiger partial charge in [0.15, 0.2) is 0 Å². The van der Waals surface area contributed by atoms with Crippen molar-refractivity contribution in [3.05, 3.63) is 28.2 Å². The van der Waals surface area contributed by atoms with Gasteiger partial charge in [-0.2, -0.15) is 4.31 Å². The van der Waals surface area contributed by atoms with Crippen molar-refractivity contribution in [2.75, 3.05) is 20.1 Å². The molecule has 0 heterocycles. The van der Waals surface area contributed by atoms with Crippen LogP contribution in [0.15, 0.2) is 23.1 Å². The number of amides is 3. The molecule has 1 aromatic rings. The fourth-order valence-electron chi connectivity index (χ4n) is 1.73. The molecular formula is C15H20Cl2N4O5S. The quantitative estimate of drug-likeness (QED) is 0.441. The van der Waals surface area contributed by atoms with Gasteiger partial charge in [-0.25, -0.2) is 8.42 Å². The Morgan fingerprint density at radius 3 is 2.33 bits per heavy atom. The van der Waals surface area contributed by atoms with Crippen LogP contribution in [0.4, 0.5) is 0 Å². The Kier molecular flexibility index (Phi) is 8.48. The molecule has 1 aromatic carbocycles. The smallest absolute Gasteiger partial charge is 0.327 e. The molecule has 9 nitrogen and oxygen atoms in total. The van der Waals surface area contributed by atoms with E-state index in [-0.39, 0.29) is 20.9 Å². The number of hydrogen-bond donors (Lipinski definition) is 3. The second-order valence-electron chi connectivity index (χ2n) is 5.94. The first-order chi connectivity index (χ1) is 12.4. The van der Waals surface area contributed by atoms with Crippen molar-refractivity contribution in [2.45, 2.75) is 18.7 Å². The van der Waals surface area contributed by atoms with Crippen LogP contribution >= 0.6 is 23.2 Å². The zero-order valence-electron chi connectivity index (χ0n) is 14.9. The van der Waals surface area contributed by atoms with Crippen LogP contribution in [0.1, 0.15) is 13.8 Å². The molecule has 0 bridgehead atoms. The topological polar surface area (TPSA) is 125 Å². The minimum Gasteiger partial charge on any atom is -0.348 e. The van der Waals surface area contributed by atoms with E-state index in [9.17, 15) is 22.8 Å². The molecule has 0 atom stereocenters. The normalized spacial score (nSPS) is 11.4. The molecule has 27 heavy (non-hydrogen) atoms. The molecule has 0 radical (unpaired) electrons. The monoisotopic (exact) mass is 438 g/mol. The molecule has 0 saturated carbocycles. The number of carbonyl (C=O) groups is 3. The van der Waals surface area contributed by atoms with Gasteiger partial charge in [0, 0.05) is 18.6 Å². The first kappa shape index (κ1) is 23.2. The van der Waals surface area contributed by atoms with Crippen LogP contribution in [0, 0.1) is 5.92 Å². The highest BCUT2D eigenvalue weighted by atomic mass is 35.5. The third-order valence-corrected chi connectivity index (χ3v) is 5.66. The summed E-state index contributed by atoms with van der Waals surface area (Å²) in [7, 11) is -2.94. The summed E-state index contributed by atoms with van der Waals surface area (Å²) in [4.78, 5) is 34.6. The van der Waals surface area contributed by atoms with Gasteiger partial charge in [0.05, 0.1) is 11.6 Å². The van der Waals surface area contributed by atoms with Gasteiger partial charge in [-0.15, -0.1) is 0 Å². The van der Waals surface area contributed by atoms with Crippen LogP contribution in [0.2, 0.25) is 10.0 Å². The van der Waals surface area contributed by atoms with E-state index in [2.05, 4.69) is 5.32 Å². The average Bonchev–Trinajstić information content (AvgIpc) is 2.59. The van der Waals surface area contributed by atoms with E-state index < -0.39 is 34.3 Å². The van der Waals surface area contributed by atoms with Crippen LogP contribution in [-0.2, 0) is 24.4 Å². The third kappa shape index (κ3) is 6.98. The summed E-state index contributed by atoms with van der Waals surface area (Å²) in [6.07, 6.45) is 0. The predicted molar refractivity (Wildman–Crippen MR) is 100 cm³/mol. The molecule has 1 rings (SSSR count). The Hall–Kier alpha value is -1.88. The molecule has 0 aliphatic rings. The number of hydrazine groups is 1. The highest BCUT2D eigenvalue weighted by Gasteiger charge is 2.26. The lowest BCUT2D eigenvalue weighted by Gasteiger charge is -2.18. The van der Waals surface area contributed by atoms with Gasteiger partial charge in [0.25, 0.3) is 5.91 Å². The molecule has 0 aliphatic carbocycles. The molecule has 0 saturated heterocycles. The number of halogens is 2. The summed E-state index contributed by atoms with van der Waals surface area (Å²) in [5.74, 6) is -2.71. The van der Waals surface area contributed by atoms with E-state index in [0.29, 0.717) is 6.54 Å². The molecule has 0 aromatic heterocycles. The van der Waals surface area contributed by atoms with Gasteiger partial charge < -0.3 is 5.32 Å². The number of likely N-dealkylation sites (N-methyl/N-ethyl adjacent to an activating group) is 1. The number of hydrogen-bond acceptors (Lipinski definition) is 5. The van der Waals surface area contributed by atoms with Crippen molar-refractivity contribution in [3.63, 3.8) is 0 Å². The molecular weight excluding hydrogens is 419 g/mol. The Bertz CT molecular complexity index is 829. The van der Waals surface area contributed by atoms with Crippen molar-refractivity contribution >= 4 is 50.9 Å². The van der Waals surface area contributed by atoms with E-state index in [4.69, 9.17) is 23.2 Å². The highest BCUT2D eigenvalue weighted by Crippen LogP contribution is 2.26. The van der Waals surface area contributed by atoms with Crippen molar-refractivity contribution in [3.8, 4) is 0 Å². The second-order valence-corrected chi connectivity index (χ2v) is 8.80. The summed E-state index contributed by atoms with van der Waals surface area (Å²) in [5.41, 5.74) is 3.87. The Morgan fingerprint density at radius 1 is 1.11 bits per heavy atom. The third-order valence-electron chi connectivity index (χ3n) is 3.14. The molecule has 0 unspecified atom stereocenters. The molecule has 0 spiro atoms. The number of nitrogens with one attached hydrogen (secondary N) is 3. The summed E-state index contributed by atoms with van der Waals surface area (Å²) >= 11 is 11.7. The SMILES string of the molecule is CC(C)CNC(=O)C(=O)NNC(=O)CN(C)S(=O)(=O)c1cc(Cl)ccc1Cl. The zero-order chi connectivity index (χ0) is 20.8. The van der Waals surface area contributed by atoms with E-state index in [0.717, 1.165) is 17.4 Å². The minimum absolute atomic E-state index is 0.0539. The lowest BCUT2D eigenvalue weighted by molar-refractivity contribution is -0.141. The predicted octanol–water partition coefficient (Wildman–Crippen LogP) is 0.534. The van der Waals surface area contributed by atoms with Crippen molar-refractivity contribution in [1.82, 2.24) is 20.5 Å². The summed E-state index contributed by atoms with van der Waals surface area (Å²) < 4.78 is 25.7. The zero-order valence-corrected chi connectivity index (χ0v) is 17.2. The van der Waals surface area contributed by atoms with Gasteiger partial charge >= 0.3 is 11.8 Å². The highest BCUT2D eigenvalue weighted by molar-refractivity contribution is 7.89. The summed E-state index contributed by atoms with van der Waals surface area (Å²) in [6.45, 7) is 3.37. The van der Waals surface area contributed by atoms with E-state index in [1.54, 1.807) is 0 Å². The fraction of sp³-hybridized carbons (Fsp3) is 0.400.